The Labute approximate surface area is 98.9 Å². The molecule has 1 aromatic rings. The van der Waals surface area contributed by atoms with Crippen LogP contribution in [0.5, 0.6) is 0 Å². The number of quaternary nitrogens is 1. The van der Waals surface area contributed by atoms with Crippen LogP contribution < -0.4 is 5.06 Å². The predicted octanol–water partition coefficient (Wildman–Crippen LogP) is 2.19. The summed E-state index contributed by atoms with van der Waals surface area (Å²) in [6.07, 6.45) is 5.66. The molecule has 1 atom stereocenters. The van der Waals surface area contributed by atoms with Gasteiger partial charge < -0.3 is 10.3 Å². The van der Waals surface area contributed by atoms with Crippen LogP contribution in [0.1, 0.15) is 38.2 Å². The van der Waals surface area contributed by atoms with Crippen molar-refractivity contribution in [3.05, 3.63) is 41.1 Å². The summed E-state index contributed by atoms with van der Waals surface area (Å²) < 4.78 is 0. The number of hydrogen-bond acceptors (Lipinski definition) is 1. The molecule has 1 aromatic carbocycles. The van der Waals surface area contributed by atoms with E-state index < -0.39 is 0 Å². The molecule has 0 radical (unpaired) electrons. The van der Waals surface area contributed by atoms with E-state index in [0.29, 0.717) is 11.6 Å². The molecule has 0 fully saturated rings. The van der Waals surface area contributed by atoms with Gasteiger partial charge in [-0.1, -0.05) is 50.1 Å². The maximum Gasteiger partial charge on any atom is 0.0809 e. The lowest BCUT2D eigenvalue weighted by Gasteiger charge is -2.22. The lowest BCUT2D eigenvalue weighted by Crippen LogP contribution is -3.07. The van der Waals surface area contributed by atoms with Gasteiger partial charge in [0.25, 0.3) is 0 Å². The molecular formula is C14H23NO. The molecule has 0 aliphatic rings. The van der Waals surface area contributed by atoms with Crippen molar-refractivity contribution in [2.45, 2.75) is 39.0 Å². The minimum Gasteiger partial charge on any atom is -0.634 e. The van der Waals surface area contributed by atoms with E-state index in [9.17, 15) is 5.21 Å². The Morgan fingerprint density at radius 2 is 1.75 bits per heavy atom. The minimum atomic E-state index is 0.417. The zero-order chi connectivity index (χ0) is 11.6. The van der Waals surface area contributed by atoms with Crippen molar-refractivity contribution in [3.8, 4) is 0 Å². The van der Waals surface area contributed by atoms with Crippen molar-refractivity contribution >= 4 is 0 Å². The van der Waals surface area contributed by atoms with Gasteiger partial charge in [0, 0.05) is 6.42 Å². The smallest absolute Gasteiger partial charge is 0.0809 e. The highest BCUT2D eigenvalue weighted by Gasteiger charge is 1.98. The van der Waals surface area contributed by atoms with Crippen LogP contribution in [0, 0.1) is 5.21 Å². The Kier molecular flexibility index (Phi) is 6.86. The molecule has 0 aliphatic carbocycles. The second-order valence-electron chi connectivity index (χ2n) is 4.33. The summed E-state index contributed by atoms with van der Waals surface area (Å²) in [6, 6.07) is 10.2. The van der Waals surface area contributed by atoms with E-state index in [4.69, 9.17) is 0 Å². The average molecular weight is 221 g/mol. The molecule has 0 amide bonds. The van der Waals surface area contributed by atoms with Gasteiger partial charge in [-0.3, -0.25) is 0 Å². The summed E-state index contributed by atoms with van der Waals surface area (Å²) in [5.74, 6) is 0. The third-order valence-electron chi connectivity index (χ3n) is 2.84. The fourth-order valence-corrected chi connectivity index (χ4v) is 1.80. The van der Waals surface area contributed by atoms with Crippen LogP contribution in [0.25, 0.3) is 0 Å². The van der Waals surface area contributed by atoms with Gasteiger partial charge in [0.15, 0.2) is 0 Å². The topological polar surface area (TPSA) is 27.5 Å². The van der Waals surface area contributed by atoms with Gasteiger partial charge in [0.05, 0.1) is 13.1 Å². The fraction of sp³-hybridized carbons (Fsp3) is 0.571. The molecule has 2 nitrogen and oxygen atoms in total. The van der Waals surface area contributed by atoms with Crippen LogP contribution in [-0.4, -0.2) is 13.1 Å². The molecule has 2 heteroatoms. The predicted molar refractivity (Wildman–Crippen MR) is 68.4 cm³/mol. The molecule has 1 N–H and O–H groups in total. The summed E-state index contributed by atoms with van der Waals surface area (Å²) in [5.41, 5.74) is 1.27. The first-order chi connectivity index (χ1) is 7.83. The van der Waals surface area contributed by atoms with Crippen molar-refractivity contribution < 1.29 is 5.06 Å². The van der Waals surface area contributed by atoms with Crippen molar-refractivity contribution in [2.75, 3.05) is 13.1 Å². The zero-order valence-electron chi connectivity index (χ0n) is 10.2. The van der Waals surface area contributed by atoms with E-state index in [-0.39, 0.29) is 0 Å². The van der Waals surface area contributed by atoms with E-state index >= 15 is 0 Å². The average Bonchev–Trinajstić information content (AvgIpc) is 2.33. The maximum absolute atomic E-state index is 11.6. The lowest BCUT2D eigenvalue weighted by atomic mass is 10.1. The van der Waals surface area contributed by atoms with Crippen LogP contribution in [0.15, 0.2) is 30.3 Å². The summed E-state index contributed by atoms with van der Waals surface area (Å²) in [6.45, 7) is 3.67. The summed E-state index contributed by atoms with van der Waals surface area (Å²) in [7, 11) is 0. The second kappa shape index (κ2) is 8.31. The Morgan fingerprint density at radius 1 is 1.00 bits per heavy atom. The maximum atomic E-state index is 11.6. The van der Waals surface area contributed by atoms with Crippen LogP contribution in [0.2, 0.25) is 0 Å². The lowest BCUT2D eigenvalue weighted by molar-refractivity contribution is -0.848. The Balaban J connectivity index is 2.08. The third kappa shape index (κ3) is 5.89. The largest absolute Gasteiger partial charge is 0.634 e. The Hall–Kier alpha value is -0.860. The minimum absolute atomic E-state index is 0.417. The van der Waals surface area contributed by atoms with E-state index in [2.05, 4.69) is 19.1 Å². The highest BCUT2D eigenvalue weighted by Crippen LogP contribution is 1.98. The van der Waals surface area contributed by atoms with Crippen LogP contribution in [0.3, 0.4) is 0 Å². The molecule has 1 rings (SSSR count). The van der Waals surface area contributed by atoms with Crippen LogP contribution in [0.4, 0.5) is 0 Å². The number of unbranched alkanes of at least 4 members (excludes halogenated alkanes) is 3. The van der Waals surface area contributed by atoms with Gasteiger partial charge in [-0.05, 0) is 18.4 Å². The molecule has 0 bridgehead atoms. The van der Waals surface area contributed by atoms with Gasteiger partial charge >= 0.3 is 0 Å². The second-order valence-corrected chi connectivity index (χ2v) is 4.33. The third-order valence-corrected chi connectivity index (χ3v) is 2.84. The molecule has 0 heterocycles. The molecule has 0 saturated heterocycles. The van der Waals surface area contributed by atoms with Gasteiger partial charge in [-0.25, -0.2) is 0 Å². The monoisotopic (exact) mass is 221 g/mol. The zero-order valence-corrected chi connectivity index (χ0v) is 10.2. The van der Waals surface area contributed by atoms with Gasteiger partial charge in [-0.15, -0.1) is 0 Å². The number of benzene rings is 1. The molecule has 0 spiro atoms. The van der Waals surface area contributed by atoms with Gasteiger partial charge in [-0.2, -0.15) is 0 Å². The Morgan fingerprint density at radius 3 is 2.44 bits per heavy atom. The Bertz CT molecular complexity index is 261. The highest BCUT2D eigenvalue weighted by molar-refractivity contribution is 5.14. The highest BCUT2D eigenvalue weighted by atomic mass is 16.5. The summed E-state index contributed by atoms with van der Waals surface area (Å²) in [4.78, 5) is 0. The number of rotatable bonds is 8. The first-order valence-electron chi connectivity index (χ1n) is 6.38. The van der Waals surface area contributed by atoms with Crippen LogP contribution >= 0.6 is 0 Å². The van der Waals surface area contributed by atoms with E-state index in [1.165, 1.54) is 24.8 Å². The number of hydroxylamine groups is 2. The van der Waals surface area contributed by atoms with E-state index in [1.807, 2.05) is 18.2 Å². The first-order valence-corrected chi connectivity index (χ1v) is 6.38. The molecular weight excluding hydrogens is 198 g/mol. The molecule has 0 aromatic heterocycles. The quantitative estimate of drug-likeness (QED) is 0.529. The van der Waals surface area contributed by atoms with Crippen molar-refractivity contribution in [1.82, 2.24) is 0 Å². The van der Waals surface area contributed by atoms with Crippen LogP contribution in [-0.2, 0) is 6.42 Å². The molecule has 1 unspecified atom stereocenters. The van der Waals surface area contributed by atoms with E-state index in [1.54, 1.807) is 0 Å². The number of nitrogens with one attached hydrogen (secondary N) is 1. The van der Waals surface area contributed by atoms with Crippen molar-refractivity contribution in [1.29, 1.82) is 0 Å². The first kappa shape index (κ1) is 13.2. The summed E-state index contributed by atoms with van der Waals surface area (Å²) in [5, 5.41) is 12.0. The molecule has 16 heavy (non-hydrogen) atoms. The van der Waals surface area contributed by atoms with Crippen molar-refractivity contribution in [3.63, 3.8) is 0 Å². The van der Waals surface area contributed by atoms with Gasteiger partial charge in [0.1, 0.15) is 0 Å². The standard InChI is InChI=1S/C14H23NO/c1-2-3-4-8-12-15(16)13-11-14-9-6-5-7-10-14/h5-7,9-10,15H,2-4,8,11-13H2,1H3. The molecule has 0 saturated carbocycles. The van der Waals surface area contributed by atoms with Crippen molar-refractivity contribution in [2.24, 2.45) is 0 Å². The summed E-state index contributed by atoms with van der Waals surface area (Å²) >= 11 is 0. The number of hydrogen-bond donors (Lipinski definition) is 1. The van der Waals surface area contributed by atoms with Gasteiger partial charge in [0.2, 0.25) is 0 Å². The fourth-order valence-electron chi connectivity index (χ4n) is 1.80. The molecule has 0 aliphatic heterocycles. The normalized spacial score (nSPS) is 12.6. The SMILES string of the molecule is CCCCCC[NH+]([O-])CCc1ccccc1. The molecule has 90 valence electrons. The van der Waals surface area contributed by atoms with E-state index in [0.717, 1.165) is 19.4 Å².